The Kier molecular flexibility index (Phi) is 2.67. The summed E-state index contributed by atoms with van der Waals surface area (Å²) in [5.74, 6) is 3.44. The number of anilines is 1. The lowest BCUT2D eigenvalue weighted by atomic mass is 9.47. The summed E-state index contributed by atoms with van der Waals surface area (Å²) in [5, 5.41) is 14.0. The number of nitrogens with one attached hydrogen (secondary N) is 1. The topological polar surface area (TPSA) is 32.3 Å². The van der Waals surface area contributed by atoms with Crippen LogP contribution in [0.5, 0.6) is 5.75 Å². The van der Waals surface area contributed by atoms with Gasteiger partial charge in [0.1, 0.15) is 5.75 Å². The fourth-order valence-corrected chi connectivity index (χ4v) is 6.69. The quantitative estimate of drug-likeness (QED) is 0.747. The van der Waals surface area contributed by atoms with Crippen molar-refractivity contribution in [3.63, 3.8) is 0 Å². The molecule has 1 aromatic rings. The van der Waals surface area contributed by atoms with E-state index in [0.717, 1.165) is 42.0 Å². The second kappa shape index (κ2) is 4.43. The molecule has 5 aliphatic rings. The first-order chi connectivity index (χ1) is 10.6. The standard InChI is InChI=1S/C20H27NO/c1-12-5-17(16-3-2-4-21-18(16)19(12)22)20-9-13-6-14(10-20)8-15(7-13)11-20/h5,13-15,21-22H,2-4,6-11H2,1H3. The zero-order chi connectivity index (χ0) is 14.9. The van der Waals surface area contributed by atoms with Crippen LogP contribution in [0.15, 0.2) is 6.07 Å². The van der Waals surface area contributed by atoms with Gasteiger partial charge < -0.3 is 10.4 Å². The van der Waals surface area contributed by atoms with E-state index >= 15 is 0 Å². The van der Waals surface area contributed by atoms with Gasteiger partial charge in [0.2, 0.25) is 0 Å². The van der Waals surface area contributed by atoms with Crippen LogP contribution >= 0.6 is 0 Å². The van der Waals surface area contributed by atoms with E-state index in [1.54, 1.807) is 5.56 Å². The van der Waals surface area contributed by atoms with Crippen LogP contribution < -0.4 is 5.32 Å². The first-order valence-corrected chi connectivity index (χ1v) is 9.24. The van der Waals surface area contributed by atoms with E-state index in [0.29, 0.717) is 11.2 Å². The molecule has 4 aliphatic carbocycles. The van der Waals surface area contributed by atoms with Crippen LogP contribution in [0.25, 0.3) is 0 Å². The molecule has 2 nitrogen and oxygen atoms in total. The maximum absolute atomic E-state index is 10.5. The maximum Gasteiger partial charge on any atom is 0.141 e. The minimum atomic E-state index is 0.441. The van der Waals surface area contributed by atoms with E-state index < -0.39 is 0 Å². The van der Waals surface area contributed by atoms with Crippen LogP contribution in [0.2, 0.25) is 0 Å². The first-order valence-electron chi connectivity index (χ1n) is 9.24. The normalized spacial score (nSPS) is 38.7. The molecule has 0 amide bonds. The summed E-state index contributed by atoms with van der Waals surface area (Å²) in [6.07, 6.45) is 11.1. The van der Waals surface area contributed by atoms with Crippen molar-refractivity contribution in [1.29, 1.82) is 0 Å². The number of aromatic hydroxyl groups is 1. The number of fused-ring (bicyclic) bond motifs is 1. The third-order valence-corrected chi connectivity index (χ3v) is 7.11. The number of aryl methyl sites for hydroxylation is 1. The molecule has 4 bridgehead atoms. The molecule has 0 atom stereocenters. The Labute approximate surface area is 133 Å². The van der Waals surface area contributed by atoms with Crippen molar-refractivity contribution in [3.8, 4) is 5.75 Å². The van der Waals surface area contributed by atoms with Crippen molar-refractivity contribution < 1.29 is 5.11 Å². The summed E-state index contributed by atoms with van der Waals surface area (Å²) < 4.78 is 0. The van der Waals surface area contributed by atoms with Crippen LogP contribution in [0.1, 0.15) is 61.6 Å². The van der Waals surface area contributed by atoms with Crippen LogP contribution in [-0.2, 0) is 11.8 Å². The number of hydrogen-bond acceptors (Lipinski definition) is 2. The van der Waals surface area contributed by atoms with E-state index in [9.17, 15) is 5.11 Å². The molecule has 2 heteroatoms. The SMILES string of the molecule is Cc1cc(C23CC4CC(CC(C4)C2)C3)c2c(c1O)NCCC2. The van der Waals surface area contributed by atoms with Gasteiger partial charge in [-0.1, -0.05) is 6.07 Å². The van der Waals surface area contributed by atoms with Gasteiger partial charge in [-0.25, -0.2) is 0 Å². The molecule has 0 unspecified atom stereocenters. The Balaban J connectivity index is 1.68. The van der Waals surface area contributed by atoms with Gasteiger partial charge in [0.15, 0.2) is 0 Å². The van der Waals surface area contributed by atoms with Crippen LogP contribution in [0, 0.1) is 24.7 Å². The van der Waals surface area contributed by atoms with Crippen molar-refractivity contribution in [3.05, 3.63) is 22.8 Å². The summed E-state index contributed by atoms with van der Waals surface area (Å²) in [6, 6.07) is 2.36. The molecular weight excluding hydrogens is 270 g/mol. The smallest absolute Gasteiger partial charge is 0.141 e. The van der Waals surface area contributed by atoms with E-state index in [-0.39, 0.29) is 0 Å². The number of hydrogen-bond donors (Lipinski definition) is 2. The minimum absolute atomic E-state index is 0.441. The van der Waals surface area contributed by atoms with Crippen molar-refractivity contribution in [2.24, 2.45) is 17.8 Å². The van der Waals surface area contributed by atoms with Crippen LogP contribution in [-0.4, -0.2) is 11.7 Å². The fraction of sp³-hybridized carbons (Fsp3) is 0.700. The molecule has 0 saturated heterocycles. The Morgan fingerprint density at radius 2 is 1.73 bits per heavy atom. The van der Waals surface area contributed by atoms with E-state index in [1.165, 1.54) is 50.5 Å². The molecule has 22 heavy (non-hydrogen) atoms. The average molecular weight is 297 g/mol. The molecule has 4 saturated carbocycles. The zero-order valence-corrected chi connectivity index (χ0v) is 13.6. The third-order valence-electron chi connectivity index (χ3n) is 7.11. The van der Waals surface area contributed by atoms with Crippen LogP contribution in [0.3, 0.4) is 0 Å². The number of phenols is 1. The summed E-state index contributed by atoms with van der Waals surface area (Å²) in [4.78, 5) is 0. The van der Waals surface area contributed by atoms with E-state index in [2.05, 4.69) is 18.3 Å². The van der Waals surface area contributed by atoms with Gasteiger partial charge in [0.05, 0.1) is 5.69 Å². The third kappa shape index (κ3) is 1.73. The van der Waals surface area contributed by atoms with E-state index in [4.69, 9.17) is 0 Å². The van der Waals surface area contributed by atoms with Gasteiger partial charge in [-0.2, -0.15) is 0 Å². The molecule has 0 radical (unpaired) electrons. The Hall–Kier alpha value is -1.18. The molecule has 118 valence electrons. The Morgan fingerprint density at radius 1 is 1.09 bits per heavy atom. The van der Waals surface area contributed by atoms with E-state index in [1.807, 2.05) is 0 Å². The summed E-state index contributed by atoms with van der Waals surface area (Å²) in [6.45, 7) is 3.08. The van der Waals surface area contributed by atoms with Gasteiger partial charge in [-0.3, -0.25) is 0 Å². The molecule has 4 fully saturated rings. The number of phenolic OH excluding ortho intramolecular Hbond substituents is 1. The average Bonchev–Trinajstić information content (AvgIpc) is 2.49. The van der Waals surface area contributed by atoms with Gasteiger partial charge in [-0.15, -0.1) is 0 Å². The predicted molar refractivity (Wildman–Crippen MR) is 89.5 cm³/mol. The molecule has 0 spiro atoms. The van der Waals surface area contributed by atoms with Gasteiger partial charge in [0.25, 0.3) is 0 Å². The number of rotatable bonds is 1. The maximum atomic E-state index is 10.5. The van der Waals surface area contributed by atoms with Crippen molar-refractivity contribution in [2.75, 3.05) is 11.9 Å². The first kappa shape index (κ1) is 13.3. The summed E-state index contributed by atoms with van der Waals surface area (Å²) in [7, 11) is 0. The lowest BCUT2D eigenvalue weighted by Crippen LogP contribution is -2.49. The lowest BCUT2D eigenvalue weighted by Gasteiger charge is -2.57. The Bertz CT molecular complexity index is 598. The largest absolute Gasteiger partial charge is 0.505 e. The molecule has 0 aromatic heterocycles. The molecule has 6 rings (SSSR count). The van der Waals surface area contributed by atoms with Gasteiger partial charge >= 0.3 is 0 Å². The fourth-order valence-electron chi connectivity index (χ4n) is 6.69. The van der Waals surface area contributed by atoms with Crippen molar-refractivity contribution >= 4 is 5.69 Å². The zero-order valence-electron chi connectivity index (χ0n) is 13.6. The summed E-state index contributed by atoms with van der Waals surface area (Å²) >= 11 is 0. The highest BCUT2D eigenvalue weighted by Gasteiger charge is 2.52. The highest BCUT2D eigenvalue weighted by atomic mass is 16.3. The second-order valence-corrected chi connectivity index (χ2v) is 8.67. The highest BCUT2D eigenvalue weighted by Crippen LogP contribution is 2.62. The molecule has 1 aromatic carbocycles. The lowest BCUT2D eigenvalue weighted by molar-refractivity contribution is -0.00561. The summed E-state index contributed by atoms with van der Waals surface area (Å²) in [5.41, 5.74) is 5.65. The molecule has 1 heterocycles. The second-order valence-electron chi connectivity index (χ2n) is 8.67. The Morgan fingerprint density at radius 3 is 2.36 bits per heavy atom. The predicted octanol–water partition coefficient (Wildman–Crippen LogP) is 4.53. The van der Waals surface area contributed by atoms with Gasteiger partial charge in [-0.05, 0) is 98.1 Å². The van der Waals surface area contributed by atoms with Crippen LogP contribution in [0.4, 0.5) is 5.69 Å². The van der Waals surface area contributed by atoms with Crippen molar-refractivity contribution in [2.45, 2.75) is 63.7 Å². The number of benzene rings is 1. The molecule has 1 aliphatic heterocycles. The minimum Gasteiger partial charge on any atom is -0.505 e. The van der Waals surface area contributed by atoms with Crippen molar-refractivity contribution in [1.82, 2.24) is 0 Å². The van der Waals surface area contributed by atoms with Gasteiger partial charge in [0, 0.05) is 6.54 Å². The molecular formula is C20H27NO. The highest BCUT2D eigenvalue weighted by molar-refractivity contribution is 5.69. The monoisotopic (exact) mass is 297 g/mol. The molecule has 2 N–H and O–H groups in total.